The molecule has 0 fully saturated rings. The van der Waals surface area contributed by atoms with Gasteiger partial charge >= 0.3 is 5.97 Å². The molecule has 2 aromatic carbocycles. The van der Waals surface area contributed by atoms with E-state index in [9.17, 15) is 4.79 Å². The Morgan fingerprint density at radius 1 is 1.10 bits per heavy atom. The maximum absolute atomic E-state index is 10.8. The summed E-state index contributed by atoms with van der Waals surface area (Å²) in [6.07, 6.45) is 3.16. The quantitative estimate of drug-likeness (QED) is 0.896. The van der Waals surface area contributed by atoms with Gasteiger partial charge in [0.1, 0.15) is 0 Å². The number of anilines is 1. The molecule has 1 heterocycles. The van der Waals surface area contributed by atoms with Gasteiger partial charge in [-0.15, -0.1) is 0 Å². The summed E-state index contributed by atoms with van der Waals surface area (Å²) in [4.78, 5) is 10.8. The van der Waals surface area contributed by atoms with E-state index in [0.717, 1.165) is 24.9 Å². The van der Waals surface area contributed by atoms with Gasteiger partial charge in [-0.1, -0.05) is 24.3 Å². The predicted octanol–water partition coefficient (Wildman–Crippen LogP) is 3.33. The van der Waals surface area contributed by atoms with Crippen molar-refractivity contribution in [2.45, 2.75) is 19.3 Å². The summed E-state index contributed by atoms with van der Waals surface area (Å²) >= 11 is 0. The van der Waals surface area contributed by atoms with Gasteiger partial charge in [-0.25, -0.2) is 4.79 Å². The molecule has 0 aliphatic carbocycles. The second-order valence-corrected chi connectivity index (χ2v) is 5.20. The van der Waals surface area contributed by atoms with E-state index in [4.69, 9.17) is 5.11 Å². The number of hydrogen-bond donors (Lipinski definition) is 2. The average molecular weight is 267 g/mol. The van der Waals surface area contributed by atoms with Gasteiger partial charge in [0.15, 0.2) is 0 Å². The van der Waals surface area contributed by atoms with Crippen LogP contribution in [0, 0.1) is 0 Å². The zero-order valence-electron chi connectivity index (χ0n) is 11.2. The van der Waals surface area contributed by atoms with Crippen molar-refractivity contribution >= 4 is 11.7 Å². The fraction of sp³-hybridized carbons (Fsp3) is 0.235. The van der Waals surface area contributed by atoms with Crippen LogP contribution in [0.4, 0.5) is 5.69 Å². The van der Waals surface area contributed by atoms with Crippen molar-refractivity contribution in [1.82, 2.24) is 0 Å². The minimum Gasteiger partial charge on any atom is -0.478 e. The molecule has 0 bridgehead atoms. The van der Waals surface area contributed by atoms with Gasteiger partial charge < -0.3 is 10.4 Å². The van der Waals surface area contributed by atoms with Crippen molar-refractivity contribution in [2.24, 2.45) is 0 Å². The molecule has 0 saturated carbocycles. The van der Waals surface area contributed by atoms with Crippen LogP contribution in [0.5, 0.6) is 0 Å². The van der Waals surface area contributed by atoms with Crippen molar-refractivity contribution in [3.63, 3.8) is 0 Å². The van der Waals surface area contributed by atoms with E-state index in [1.54, 1.807) is 12.1 Å². The Morgan fingerprint density at radius 2 is 1.85 bits per heavy atom. The van der Waals surface area contributed by atoms with E-state index in [1.807, 2.05) is 12.1 Å². The molecule has 0 amide bonds. The zero-order valence-corrected chi connectivity index (χ0v) is 11.2. The summed E-state index contributed by atoms with van der Waals surface area (Å²) in [5.41, 5.74) is 5.38. The molecule has 2 N–H and O–H groups in total. The smallest absolute Gasteiger partial charge is 0.335 e. The highest BCUT2D eigenvalue weighted by Crippen LogP contribution is 2.24. The zero-order chi connectivity index (χ0) is 13.9. The molecule has 0 radical (unpaired) electrons. The first kappa shape index (κ1) is 12.7. The Bertz CT molecular complexity index is 632. The Kier molecular flexibility index (Phi) is 3.42. The molecular weight excluding hydrogens is 250 g/mol. The first-order chi connectivity index (χ1) is 9.72. The van der Waals surface area contributed by atoms with Crippen molar-refractivity contribution in [3.05, 3.63) is 64.7 Å². The van der Waals surface area contributed by atoms with Gasteiger partial charge in [-0.2, -0.15) is 0 Å². The standard InChI is InChI=1S/C17H17NO2/c19-17(20)14-6-3-12(4-7-14)10-13-5-8-16-15(11-13)2-1-9-18-16/h3-8,11,18H,1-2,9-10H2,(H,19,20). The van der Waals surface area contributed by atoms with Crippen LogP contribution in [0.1, 0.15) is 33.5 Å². The molecule has 0 spiro atoms. The molecule has 0 unspecified atom stereocenters. The van der Waals surface area contributed by atoms with Gasteiger partial charge in [0.05, 0.1) is 5.56 Å². The molecule has 3 rings (SSSR count). The molecule has 0 saturated heterocycles. The molecule has 3 nitrogen and oxygen atoms in total. The van der Waals surface area contributed by atoms with E-state index in [0.29, 0.717) is 5.56 Å². The summed E-state index contributed by atoms with van der Waals surface area (Å²) < 4.78 is 0. The lowest BCUT2D eigenvalue weighted by Crippen LogP contribution is -2.11. The summed E-state index contributed by atoms with van der Waals surface area (Å²) in [7, 11) is 0. The highest BCUT2D eigenvalue weighted by molar-refractivity contribution is 5.87. The number of nitrogens with one attached hydrogen (secondary N) is 1. The maximum atomic E-state index is 10.8. The van der Waals surface area contributed by atoms with Crippen LogP contribution >= 0.6 is 0 Å². The number of benzene rings is 2. The van der Waals surface area contributed by atoms with E-state index < -0.39 is 5.97 Å². The predicted molar refractivity (Wildman–Crippen MR) is 79.5 cm³/mol. The molecule has 3 heteroatoms. The summed E-state index contributed by atoms with van der Waals surface area (Å²) in [5, 5.41) is 12.3. The number of rotatable bonds is 3. The number of fused-ring (bicyclic) bond motifs is 1. The van der Waals surface area contributed by atoms with Gasteiger partial charge in [0.2, 0.25) is 0 Å². The number of carboxylic acids is 1. The van der Waals surface area contributed by atoms with E-state index in [2.05, 4.69) is 23.5 Å². The third kappa shape index (κ3) is 2.67. The maximum Gasteiger partial charge on any atom is 0.335 e. The van der Waals surface area contributed by atoms with Gasteiger partial charge in [0.25, 0.3) is 0 Å². The summed E-state index contributed by atoms with van der Waals surface area (Å²) in [6.45, 7) is 1.06. The van der Waals surface area contributed by atoms with Crippen LogP contribution in [0.15, 0.2) is 42.5 Å². The number of aryl methyl sites for hydroxylation is 1. The molecule has 102 valence electrons. The Hall–Kier alpha value is -2.29. The third-order valence-electron chi connectivity index (χ3n) is 3.72. The van der Waals surface area contributed by atoms with Crippen LogP contribution < -0.4 is 5.32 Å². The summed E-state index contributed by atoms with van der Waals surface area (Å²) in [6, 6.07) is 13.7. The minimum atomic E-state index is -0.878. The lowest BCUT2D eigenvalue weighted by Gasteiger charge is -2.18. The van der Waals surface area contributed by atoms with Crippen molar-refractivity contribution in [1.29, 1.82) is 0 Å². The molecule has 20 heavy (non-hydrogen) atoms. The monoisotopic (exact) mass is 267 g/mol. The van der Waals surface area contributed by atoms with Crippen molar-refractivity contribution in [2.75, 3.05) is 11.9 Å². The summed E-state index contributed by atoms with van der Waals surface area (Å²) in [5.74, 6) is -0.878. The van der Waals surface area contributed by atoms with Crippen LogP contribution in [0.2, 0.25) is 0 Å². The number of hydrogen-bond acceptors (Lipinski definition) is 2. The van der Waals surface area contributed by atoms with E-state index in [1.165, 1.54) is 23.2 Å². The largest absolute Gasteiger partial charge is 0.478 e. The molecule has 1 aliphatic heterocycles. The topological polar surface area (TPSA) is 49.3 Å². The van der Waals surface area contributed by atoms with Crippen molar-refractivity contribution in [3.8, 4) is 0 Å². The molecular formula is C17H17NO2. The second-order valence-electron chi connectivity index (χ2n) is 5.20. The third-order valence-corrected chi connectivity index (χ3v) is 3.72. The second kappa shape index (κ2) is 5.37. The molecule has 0 aromatic heterocycles. The fourth-order valence-electron chi connectivity index (χ4n) is 2.64. The Balaban J connectivity index is 1.78. The SMILES string of the molecule is O=C(O)c1ccc(Cc2ccc3c(c2)CCCN3)cc1. The van der Waals surface area contributed by atoms with Crippen molar-refractivity contribution < 1.29 is 9.90 Å². The van der Waals surface area contributed by atoms with E-state index >= 15 is 0 Å². The van der Waals surface area contributed by atoms with E-state index in [-0.39, 0.29) is 0 Å². The van der Waals surface area contributed by atoms with Gasteiger partial charge in [-0.05, 0) is 54.2 Å². The minimum absolute atomic E-state index is 0.336. The molecule has 0 atom stereocenters. The number of carbonyl (C=O) groups is 1. The molecule has 1 aliphatic rings. The van der Waals surface area contributed by atoms with Crippen LogP contribution in [-0.4, -0.2) is 17.6 Å². The normalized spacial score (nSPS) is 13.4. The number of aromatic carboxylic acids is 1. The Morgan fingerprint density at radius 3 is 2.60 bits per heavy atom. The van der Waals surface area contributed by atoms with Crippen LogP contribution in [0.25, 0.3) is 0 Å². The lowest BCUT2D eigenvalue weighted by atomic mass is 9.97. The first-order valence-electron chi connectivity index (χ1n) is 6.90. The first-order valence-corrected chi connectivity index (χ1v) is 6.90. The fourth-order valence-corrected chi connectivity index (χ4v) is 2.64. The number of carboxylic acid groups (broad SMARTS) is 1. The lowest BCUT2D eigenvalue weighted by molar-refractivity contribution is 0.0697. The highest BCUT2D eigenvalue weighted by Gasteiger charge is 2.09. The van der Waals surface area contributed by atoms with Gasteiger partial charge in [0, 0.05) is 12.2 Å². The Labute approximate surface area is 118 Å². The average Bonchev–Trinajstić information content (AvgIpc) is 2.48. The highest BCUT2D eigenvalue weighted by atomic mass is 16.4. The van der Waals surface area contributed by atoms with Crippen LogP contribution in [0.3, 0.4) is 0 Å². The molecule has 2 aromatic rings. The van der Waals surface area contributed by atoms with Gasteiger partial charge in [-0.3, -0.25) is 0 Å². The van der Waals surface area contributed by atoms with Crippen LogP contribution in [-0.2, 0) is 12.8 Å².